The minimum atomic E-state index is -0.801. The fourth-order valence-electron chi connectivity index (χ4n) is 5.08. The molecule has 228 valence electrons. The molecule has 1 atom stereocenters. The molecule has 0 bridgehead atoms. The molecule has 1 heterocycles. The third kappa shape index (κ3) is 7.56. The third-order valence-electron chi connectivity index (χ3n) is 7.54. The van der Waals surface area contributed by atoms with Crippen LogP contribution in [-0.2, 0) is 16.2 Å². The zero-order valence-electron chi connectivity index (χ0n) is 25.7. The number of benzene rings is 3. The standard InChI is InChI=1S/C35H42N2O6/c1-6-36(7-2)19-20-37-32(27-15-18-29(30(21-27)41-5)43-23-25-11-9-8-10-12-25)31(34(39)35(37)40)33(38)26-13-16-28(17-14-26)42-22-24(3)4/h8-18,21,24,32,38H,6-7,19-20,22-23H2,1-5H3. The van der Waals surface area contributed by atoms with Crippen LogP contribution in [0.4, 0.5) is 0 Å². The van der Waals surface area contributed by atoms with Gasteiger partial charge in [-0.2, -0.15) is 0 Å². The Bertz CT molecular complexity index is 1410. The molecule has 0 saturated carbocycles. The molecule has 8 nitrogen and oxygen atoms in total. The van der Waals surface area contributed by atoms with Gasteiger partial charge in [-0.05, 0) is 66.5 Å². The maximum atomic E-state index is 13.5. The topological polar surface area (TPSA) is 88.5 Å². The van der Waals surface area contributed by atoms with Crippen molar-refractivity contribution in [2.45, 2.75) is 40.3 Å². The summed E-state index contributed by atoms with van der Waals surface area (Å²) in [6.45, 7) is 11.7. The first-order valence-electron chi connectivity index (χ1n) is 14.9. The van der Waals surface area contributed by atoms with E-state index in [0.717, 1.165) is 18.7 Å². The summed E-state index contributed by atoms with van der Waals surface area (Å²) in [6, 6.07) is 21.3. The Morgan fingerprint density at radius 3 is 2.26 bits per heavy atom. The van der Waals surface area contributed by atoms with E-state index >= 15 is 0 Å². The first kappa shape index (κ1) is 31.6. The number of Topliss-reactive ketones (excluding diaryl/α,β-unsaturated/α-hetero) is 1. The van der Waals surface area contributed by atoms with Crippen molar-refractivity contribution >= 4 is 17.4 Å². The SMILES string of the molecule is CCN(CC)CCN1C(=O)C(=O)C(=C(O)c2ccc(OCC(C)C)cc2)C1c1ccc(OCc2ccccc2)c(OC)c1. The Hall–Kier alpha value is -4.30. The molecule has 1 unspecified atom stereocenters. The molecule has 3 aromatic carbocycles. The number of likely N-dealkylation sites (N-methyl/N-ethyl adjacent to an activating group) is 1. The van der Waals surface area contributed by atoms with E-state index in [1.807, 2.05) is 36.4 Å². The minimum Gasteiger partial charge on any atom is -0.507 e. The van der Waals surface area contributed by atoms with Crippen LogP contribution < -0.4 is 14.2 Å². The number of hydrogen-bond donors (Lipinski definition) is 1. The van der Waals surface area contributed by atoms with E-state index in [-0.39, 0.29) is 11.3 Å². The number of hydrogen-bond acceptors (Lipinski definition) is 7. The normalized spacial score (nSPS) is 16.3. The molecule has 1 aliphatic heterocycles. The van der Waals surface area contributed by atoms with Gasteiger partial charge in [-0.1, -0.05) is 64.1 Å². The minimum absolute atomic E-state index is 0.0420. The summed E-state index contributed by atoms with van der Waals surface area (Å²) in [6.07, 6.45) is 0. The zero-order valence-corrected chi connectivity index (χ0v) is 25.7. The molecular weight excluding hydrogens is 544 g/mol. The maximum absolute atomic E-state index is 13.5. The predicted molar refractivity (Wildman–Crippen MR) is 167 cm³/mol. The van der Waals surface area contributed by atoms with E-state index in [2.05, 4.69) is 32.6 Å². The lowest BCUT2D eigenvalue weighted by molar-refractivity contribution is -0.140. The highest BCUT2D eigenvalue weighted by atomic mass is 16.5. The van der Waals surface area contributed by atoms with Gasteiger partial charge in [0.15, 0.2) is 11.5 Å². The van der Waals surface area contributed by atoms with Gasteiger partial charge in [-0.25, -0.2) is 0 Å². The van der Waals surface area contributed by atoms with Crippen LogP contribution in [0.25, 0.3) is 5.76 Å². The van der Waals surface area contributed by atoms with Gasteiger partial charge >= 0.3 is 0 Å². The number of carbonyl (C=O) groups excluding carboxylic acids is 2. The smallest absolute Gasteiger partial charge is 0.295 e. The average Bonchev–Trinajstić information content (AvgIpc) is 3.28. The van der Waals surface area contributed by atoms with E-state index < -0.39 is 17.7 Å². The van der Waals surface area contributed by atoms with Gasteiger partial charge in [-0.15, -0.1) is 0 Å². The quantitative estimate of drug-likeness (QED) is 0.139. The molecule has 43 heavy (non-hydrogen) atoms. The third-order valence-corrected chi connectivity index (χ3v) is 7.54. The monoisotopic (exact) mass is 586 g/mol. The number of nitrogens with zero attached hydrogens (tertiary/aromatic N) is 2. The molecule has 8 heteroatoms. The Labute approximate surface area is 254 Å². The molecule has 4 rings (SSSR count). The molecule has 0 spiro atoms. The average molecular weight is 587 g/mol. The van der Waals surface area contributed by atoms with Crippen molar-refractivity contribution in [3.05, 3.63) is 95.1 Å². The van der Waals surface area contributed by atoms with Gasteiger partial charge in [0.2, 0.25) is 0 Å². The Morgan fingerprint density at radius 1 is 0.930 bits per heavy atom. The number of methoxy groups -OCH3 is 1. The number of rotatable bonds is 14. The highest BCUT2D eigenvalue weighted by Gasteiger charge is 2.46. The van der Waals surface area contributed by atoms with Crippen LogP contribution in [0.15, 0.2) is 78.4 Å². The summed E-state index contributed by atoms with van der Waals surface area (Å²) in [5.74, 6) is 0.448. The van der Waals surface area contributed by atoms with Crippen LogP contribution in [0.5, 0.6) is 17.2 Å². The largest absolute Gasteiger partial charge is 0.507 e. The van der Waals surface area contributed by atoms with Gasteiger partial charge < -0.3 is 29.1 Å². The van der Waals surface area contributed by atoms with Crippen molar-refractivity contribution in [1.29, 1.82) is 0 Å². The molecule has 1 fully saturated rings. The molecule has 1 amide bonds. The second-order valence-electron chi connectivity index (χ2n) is 10.9. The first-order chi connectivity index (χ1) is 20.8. The highest BCUT2D eigenvalue weighted by molar-refractivity contribution is 6.46. The second kappa shape index (κ2) is 14.7. The predicted octanol–water partition coefficient (Wildman–Crippen LogP) is 6.07. The molecule has 0 radical (unpaired) electrons. The van der Waals surface area contributed by atoms with Crippen molar-refractivity contribution in [2.24, 2.45) is 5.92 Å². The molecule has 1 saturated heterocycles. The Balaban J connectivity index is 1.72. The lowest BCUT2D eigenvalue weighted by Gasteiger charge is -2.28. The van der Waals surface area contributed by atoms with Crippen LogP contribution in [0, 0.1) is 5.92 Å². The van der Waals surface area contributed by atoms with Gasteiger partial charge in [0.1, 0.15) is 18.1 Å². The van der Waals surface area contributed by atoms with Crippen molar-refractivity contribution in [1.82, 2.24) is 9.80 Å². The first-order valence-corrected chi connectivity index (χ1v) is 14.9. The maximum Gasteiger partial charge on any atom is 0.295 e. The number of ketones is 1. The number of likely N-dealkylation sites (tertiary alicyclic amines) is 1. The van der Waals surface area contributed by atoms with Crippen LogP contribution in [-0.4, -0.2) is 66.5 Å². The van der Waals surface area contributed by atoms with Crippen LogP contribution in [0.3, 0.4) is 0 Å². The van der Waals surface area contributed by atoms with Crippen molar-refractivity contribution in [3.63, 3.8) is 0 Å². The number of carbonyl (C=O) groups is 2. The molecule has 0 aromatic heterocycles. The van der Waals surface area contributed by atoms with E-state index in [1.165, 1.54) is 0 Å². The number of ether oxygens (including phenoxy) is 3. The van der Waals surface area contributed by atoms with Crippen molar-refractivity contribution in [3.8, 4) is 17.2 Å². The van der Waals surface area contributed by atoms with Crippen molar-refractivity contribution in [2.75, 3.05) is 39.9 Å². The van der Waals surface area contributed by atoms with Gasteiger partial charge in [0, 0.05) is 18.7 Å². The van der Waals surface area contributed by atoms with Gasteiger partial charge in [0.05, 0.1) is 25.3 Å². The molecule has 0 aliphatic carbocycles. The van der Waals surface area contributed by atoms with E-state index in [1.54, 1.807) is 48.4 Å². The molecule has 1 aliphatic rings. The molecule has 3 aromatic rings. The fourth-order valence-corrected chi connectivity index (χ4v) is 5.08. The lowest BCUT2D eigenvalue weighted by atomic mass is 9.95. The van der Waals surface area contributed by atoms with Gasteiger partial charge in [0.25, 0.3) is 11.7 Å². The number of amides is 1. The second-order valence-corrected chi connectivity index (χ2v) is 10.9. The fraction of sp³-hybridized carbons (Fsp3) is 0.371. The summed E-state index contributed by atoms with van der Waals surface area (Å²) in [7, 11) is 1.55. The zero-order chi connectivity index (χ0) is 30.9. The molecular formula is C35H42N2O6. The summed E-state index contributed by atoms with van der Waals surface area (Å²) >= 11 is 0. The summed E-state index contributed by atoms with van der Waals surface area (Å²) in [4.78, 5) is 30.7. The van der Waals surface area contributed by atoms with Crippen LogP contribution >= 0.6 is 0 Å². The molecule has 1 N–H and O–H groups in total. The highest BCUT2D eigenvalue weighted by Crippen LogP contribution is 2.42. The van der Waals surface area contributed by atoms with Gasteiger partial charge in [-0.3, -0.25) is 9.59 Å². The van der Waals surface area contributed by atoms with E-state index in [4.69, 9.17) is 14.2 Å². The lowest BCUT2D eigenvalue weighted by Crippen LogP contribution is -2.38. The number of aliphatic hydroxyl groups is 1. The summed E-state index contributed by atoms with van der Waals surface area (Å²) < 4.78 is 17.5. The van der Waals surface area contributed by atoms with E-state index in [0.29, 0.717) is 60.6 Å². The Morgan fingerprint density at radius 2 is 1.63 bits per heavy atom. The van der Waals surface area contributed by atoms with Crippen LogP contribution in [0.2, 0.25) is 0 Å². The summed E-state index contributed by atoms with van der Waals surface area (Å²) in [5.41, 5.74) is 2.12. The number of aliphatic hydroxyl groups excluding tert-OH is 1. The van der Waals surface area contributed by atoms with Crippen molar-refractivity contribution < 1.29 is 28.9 Å². The van der Waals surface area contributed by atoms with E-state index in [9.17, 15) is 14.7 Å². The van der Waals surface area contributed by atoms with Crippen LogP contribution in [0.1, 0.15) is 50.4 Å². The Kier molecular flexibility index (Phi) is 10.8. The summed E-state index contributed by atoms with van der Waals surface area (Å²) in [5, 5.41) is 11.5.